The van der Waals surface area contributed by atoms with Gasteiger partial charge in [0.2, 0.25) is 0 Å². The highest BCUT2D eigenvalue weighted by Gasteiger charge is 2.06. The van der Waals surface area contributed by atoms with Crippen LogP contribution in [0.4, 0.5) is 0 Å². The van der Waals surface area contributed by atoms with E-state index in [1.54, 1.807) is 10.8 Å². The van der Waals surface area contributed by atoms with Crippen molar-refractivity contribution in [2.45, 2.75) is 84.2 Å². The predicted molar refractivity (Wildman–Crippen MR) is 110 cm³/mol. The van der Waals surface area contributed by atoms with Gasteiger partial charge >= 0.3 is 5.97 Å². The smallest absolute Gasteiger partial charge is 0.330 e. The zero-order valence-corrected chi connectivity index (χ0v) is 17.3. The molecule has 136 valence electrons. The Bertz CT molecular complexity index is 285. The maximum Gasteiger partial charge on any atom is 0.330 e. The fourth-order valence-corrected chi connectivity index (χ4v) is 6.12. The van der Waals surface area contributed by atoms with Crippen molar-refractivity contribution in [1.29, 1.82) is 0 Å². The van der Waals surface area contributed by atoms with Gasteiger partial charge < -0.3 is 4.74 Å². The number of rotatable bonds is 17. The highest BCUT2D eigenvalue weighted by molar-refractivity contribution is 9.09. The molecule has 0 rings (SSSR count). The van der Waals surface area contributed by atoms with E-state index >= 15 is 0 Å². The molecule has 0 N–H and O–H groups in total. The molecule has 0 aliphatic rings. The molecule has 0 aliphatic carbocycles. The second-order valence-corrected chi connectivity index (χ2v) is 10.2. The lowest BCUT2D eigenvalue weighted by molar-refractivity contribution is -0.141. The van der Waals surface area contributed by atoms with E-state index in [-0.39, 0.29) is 12.1 Å². The lowest BCUT2D eigenvalue weighted by Gasteiger charge is -2.10. The third-order valence-electron chi connectivity index (χ3n) is 3.46. The van der Waals surface area contributed by atoms with Crippen LogP contribution in [0.15, 0.2) is 12.7 Å². The summed E-state index contributed by atoms with van der Waals surface area (Å²) in [6, 6.07) is 0. The quantitative estimate of drug-likeness (QED) is 0.117. The molecular formula is C18H34O2S3. The molecule has 0 aromatic carbocycles. The van der Waals surface area contributed by atoms with Gasteiger partial charge in [0.15, 0.2) is 0 Å². The number of carbonyl (C=O) groups excluding carboxylic acids is 1. The first-order valence-electron chi connectivity index (χ1n) is 8.94. The normalized spacial score (nSPS) is 12.1. The van der Waals surface area contributed by atoms with Crippen molar-refractivity contribution in [2.24, 2.45) is 0 Å². The zero-order valence-electron chi connectivity index (χ0n) is 14.9. The van der Waals surface area contributed by atoms with Gasteiger partial charge in [0.1, 0.15) is 6.10 Å². The fourth-order valence-electron chi connectivity index (χ4n) is 2.12. The van der Waals surface area contributed by atoms with E-state index in [1.807, 2.05) is 27.5 Å². The summed E-state index contributed by atoms with van der Waals surface area (Å²) in [5.74, 6) is 1.71. The summed E-state index contributed by atoms with van der Waals surface area (Å²) in [6.45, 7) is 7.59. The van der Waals surface area contributed by atoms with E-state index in [1.165, 1.54) is 76.0 Å². The predicted octanol–water partition coefficient (Wildman–Crippen LogP) is 7.05. The highest BCUT2D eigenvalue weighted by atomic mass is 33.5. The summed E-state index contributed by atoms with van der Waals surface area (Å²) in [5.41, 5.74) is 0. The molecule has 1 unspecified atom stereocenters. The van der Waals surface area contributed by atoms with Crippen LogP contribution in [-0.2, 0) is 9.53 Å². The molecule has 2 nitrogen and oxygen atoms in total. The fraction of sp³-hybridized carbons (Fsp3) is 0.833. The lowest BCUT2D eigenvalue weighted by atomic mass is 10.1. The molecule has 0 bridgehead atoms. The minimum absolute atomic E-state index is 0.0454. The molecule has 5 heteroatoms. The summed E-state index contributed by atoms with van der Waals surface area (Å²) in [6.07, 6.45) is 15.1. The summed E-state index contributed by atoms with van der Waals surface area (Å²) >= 11 is 0. The Hall–Kier alpha value is 0.260. The van der Waals surface area contributed by atoms with Crippen LogP contribution in [0.3, 0.4) is 0 Å². The Kier molecular flexibility index (Phi) is 18.8. The monoisotopic (exact) mass is 378 g/mol. The van der Waals surface area contributed by atoms with Crippen molar-refractivity contribution in [2.75, 3.05) is 11.5 Å². The van der Waals surface area contributed by atoms with Gasteiger partial charge in [0.25, 0.3) is 0 Å². The SMILES string of the molecule is C=CC(=O)OC(C)CSSSCCCCCCCCCCCC. The minimum atomic E-state index is -0.332. The van der Waals surface area contributed by atoms with Crippen molar-refractivity contribution in [1.82, 2.24) is 0 Å². The standard InChI is InChI=1S/C18H34O2S3/c1-4-6-7-8-9-10-11-12-13-14-15-21-23-22-16-17(3)20-18(19)5-2/h5,17H,2,4,6-16H2,1,3H3. The molecule has 0 radical (unpaired) electrons. The molecular weight excluding hydrogens is 344 g/mol. The first-order valence-corrected chi connectivity index (χ1v) is 12.8. The molecule has 0 amide bonds. The van der Waals surface area contributed by atoms with Gasteiger partial charge in [-0.25, -0.2) is 4.79 Å². The van der Waals surface area contributed by atoms with Crippen LogP contribution >= 0.6 is 31.4 Å². The third-order valence-corrected chi connectivity index (χ3v) is 7.94. The van der Waals surface area contributed by atoms with Gasteiger partial charge in [0, 0.05) is 17.6 Å². The van der Waals surface area contributed by atoms with Crippen LogP contribution in [0.2, 0.25) is 0 Å². The van der Waals surface area contributed by atoms with Crippen LogP contribution < -0.4 is 0 Å². The summed E-state index contributed by atoms with van der Waals surface area (Å²) in [4.78, 5) is 11.0. The minimum Gasteiger partial charge on any atom is -0.459 e. The molecule has 23 heavy (non-hydrogen) atoms. The second-order valence-electron chi connectivity index (χ2n) is 5.81. The topological polar surface area (TPSA) is 26.3 Å². The Labute approximate surface area is 155 Å². The Balaban J connectivity index is 3.13. The average Bonchev–Trinajstić information content (AvgIpc) is 2.55. The Morgan fingerprint density at radius 1 is 1.00 bits per heavy atom. The van der Waals surface area contributed by atoms with Crippen LogP contribution in [-0.4, -0.2) is 23.6 Å². The number of hydrogen-bond acceptors (Lipinski definition) is 5. The van der Waals surface area contributed by atoms with Crippen LogP contribution in [0, 0.1) is 0 Å². The van der Waals surface area contributed by atoms with E-state index in [4.69, 9.17) is 4.74 Å². The summed E-state index contributed by atoms with van der Waals surface area (Å²) in [7, 11) is 5.49. The number of hydrogen-bond donors (Lipinski definition) is 0. The molecule has 0 fully saturated rings. The van der Waals surface area contributed by atoms with Crippen LogP contribution in [0.25, 0.3) is 0 Å². The largest absolute Gasteiger partial charge is 0.459 e. The third kappa shape index (κ3) is 18.4. The molecule has 0 spiro atoms. The molecule has 0 saturated carbocycles. The average molecular weight is 379 g/mol. The molecule has 0 aromatic rings. The van der Waals surface area contributed by atoms with E-state index in [0.717, 1.165) is 5.75 Å². The molecule has 0 heterocycles. The van der Waals surface area contributed by atoms with Gasteiger partial charge in [-0.2, -0.15) is 0 Å². The molecule has 0 saturated heterocycles. The highest BCUT2D eigenvalue weighted by Crippen LogP contribution is 2.35. The molecule has 1 atom stereocenters. The van der Waals surface area contributed by atoms with Gasteiger partial charge in [-0.1, -0.05) is 92.9 Å². The number of carbonyl (C=O) groups is 1. The maximum atomic E-state index is 11.0. The number of ether oxygens (including phenoxy) is 1. The number of esters is 1. The summed E-state index contributed by atoms with van der Waals surface area (Å²) < 4.78 is 5.11. The van der Waals surface area contributed by atoms with E-state index in [2.05, 4.69) is 13.5 Å². The summed E-state index contributed by atoms with van der Waals surface area (Å²) in [5, 5.41) is 0. The van der Waals surface area contributed by atoms with Gasteiger partial charge in [-0.3, -0.25) is 0 Å². The maximum absolute atomic E-state index is 11.0. The van der Waals surface area contributed by atoms with Crippen molar-refractivity contribution >= 4 is 37.4 Å². The lowest BCUT2D eigenvalue weighted by Crippen LogP contribution is -2.14. The van der Waals surface area contributed by atoms with E-state index in [9.17, 15) is 4.79 Å². The van der Waals surface area contributed by atoms with Gasteiger partial charge in [0.05, 0.1) is 0 Å². The molecule has 0 aromatic heterocycles. The Morgan fingerprint density at radius 3 is 2.13 bits per heavy atom. The zero-order chi connectivity index (χ0) is 17.2. The Morgan fingerprint density at radius 2 is 1.57 bits per heavy atom. The first-order chi connectivity index (χ1) is 11.2. The van der Waals surface area contributed by atoms with E-state index < -0.39 is 0 Å². The van der Waals surface area contributed by atoms with Crippen molar-refractivity contribution in [3.05, 3.63) is 12.7 Å². The molecule has 0 aliphatic heterocycles. The van der Waals surface area contributed by atoms with Gasteiger partial charge in [-0.05, 0) is 23.2 Å². The number of unbranched alkanes of at least 4 members (excludes halogenated alkanes) is 9. The van der Waals surface area contributed by atoms with E-state index in [0.29, 0.717) is 0 Å². The second kappa shape index (κ2) is 18.6. The van der Waals surface area contributed by atoms with Crippen molar-refractivity contribution < 1.29 is 9.53 Å². The van der Waals surface area contributed by atoms with Crippen LogP contribution in [0.1, 0.15) is 78.1 Å². The van der Waals surface area contributed by atoms with Crippen LogP contribution in [0.5, 0.6) is 0 Å². The first kappa shape index (κ1) is 23.3. The van der Waals surface area contributed by atoms with Gasteiger partial charge in [-0.15, -0.1) is 0 Å². The van der Waals surface area contributed by atoms with Crippen molar-refractivity contribution in [3.63, 3.8) is 0 Å². The van der Waals surface area contributed by atoms with Crippen molar-refractivity contribution in [3.8, 4) is 0 Å².